The van der Waals surface area contributed by atoms with Crippen molar-refractivity contribution in [3.05, 3.63) is 23.8 Å². The van der Waals surface area contributed by atoms with Gasteiger partial charge < -0.3 is 24.8 Å². The summed E-state index contributed by atoms with van der Waals surface area (Å²) in [6.07, 6.45) is 0. The summed E-state index contributed by atoms with van der Waals surface area (Å²) in [6, 6.07) is 6.36. The molecule has 0 bridgehead atoms. The zero-order valence-corrected chi connectivity index (χ0v) is 17.2. The molecule has 1 fully saturated rings. The number of hydrogen-bond donors (Lipinski definition) is 2. The van der Waals surface area contributed by atoms with Gasteiger partial charge in [-0.05, 0) is 23.6 Å². The predicted octanol–water partition coefficient (Wildman–Crippen LogP) is 1.73. The van der Waals surface area contributed by atoms with Crippen LogP contribution in [0.25, 0.3) is 0 Å². The molecule has 0 radical (unpaired) electrons. The van der Waals surface area contributed by atoms with E-state index in [1.165, 1.54) is 0 Å². The van der Waals surface area contributed by atoms with Crippen molar-refractivity contribution in [1.82, 2.24) is 15.5 Å². The lowest BCUT2D eigenvalue weighted by molar-refractivity contribution is 0.00752. The lowest BCUT2D eigenvalue weighted by Gasteiger charge is -2.37. The van der Waals surface area contributed by atoms with Crippen LogP contribution < -0.4 is 20.1 Å². The summed E-state index contributed by atoms with van der Waals surface area (Å²) in [7, 11) is 5.08. The van der Waals surface area contributed by atoms with Crippen molar-refractivity contribution in [3.63, 3.8) is 0 Å². The summed E-state index contributed by atoms with van der Waals surface area (Å²) in [4.78, 5) is 6.85. The number of rotatable bonds is 8. The van der Waals surface area contributed by atoms with Crippen molar-refractivity contribution in [2.75, 3.05) is 54.1 Å². The minimum atomic E-state index is 0.452. The maximum absolute atomic E-state index is 5.48. The Morgan fingerprint density at radius 3 is 2.44 bits per heavy atom. The van der Waals surface area contributed by atoms with Gasteiger partial charge in [0.25, 0.3) is 0 Å². The van der Waals surface area contributed by atoms with Crippen LogP contribution in [-0.2, 0) is 11.3 Å². The monoisotopic (exact) mass is 378 g/mol. The third kappa shape index (κ3) is 6.29. The van der Waals surface area contributed by atoms with Crippen LogP contribution in [0.2, 0.25) is 0 Å². The molecule has 1 aliphatic rings. The van der Waals surface area contributed by atoms with Gasteiger partial charge in [-0.3, -0.25) is 9.89 Å². The SMILES string of the molecule is CN=C(NCc1ccc(OC)c(OC)c1)NCC(C(C)C)N1CCOCC1. The third-order valence-electron chi connectivity index (χ3n) is 4.89. The molecule has 1 saturated heterocycles. The Bertz CT molecular complexity index is 601. The third-order valence-corrected chi connectivity index (χ3v) is 4.89. The van der Waals surface area contributed by atoms with E-state index >= 15 is 0 Å². The van der Waals surface area contributed by atoms with Crippen molar-refractivity contribution in [3.8, 4) is 11.5 Å². The van der Waals surface area contributed by atoms with Crippen LogP contribution in [0.15, 0.2) is 23.2 Å². The molecule has 1 aromatic rings. The first-order valence-electron chi connectivity index (χ1n) is 9.56. The Morgan fingerprint density at radius 1 is 1.15 bits per heavy atom. The summed E-state index contributed by atoms with van der Waals surface area (Å²) in [5.41, 5.74) is 1.10. The summed E-state index contributed by atoms with van der Waals surface area (Å²) in [6.45, 7) is 9.64. The smallest absolute Gasteiger partial charge is 0.191 e. The molecule has 7 heteroatoms. The Labute approximate surface area is 163 Å². The first kappa shape index (κ1) is 21.3. The highest BCUT2D eigenvalue weighted by molar-refractivity contribution is 5.79. The maximum Gasteiger partial charge on any atom is 0.191 e. The molecule has 0 aromatic heterocycles. The van der Waals surface area contributed by atoms with Gasteiger partial charge in [-0.15, -0.1) is 0 Å². The molecule has 1 heterocycles. The predicted molar refractivity (Wildman–Crippen MR) is 109 cm³/mol. The van der Waals surface area contributed by atoms with Gasteiger partial charge in [0.05, 0.1) is 27.4 Å². The molecule has 0 spiro atoms. The summed E-state index contributed by atoms with van der Waals surface area (Å²) < 4.78 is 16.1. The summed E-state index contributed by atoms with van der Waals surface area (Å²) in [5.74, 6) is 2.81. The van der Waals surface area contributed by atoms with E-state index in [1.807, 2.05) is 18.2 Å². The minimum absolute atomic E-state index is 0.452. The van der Waals surface area contributed by atoms with Crippen LogP contribution in [0.4, 0.5) is 0 Å². The number of hydrogen-bond acceptors (Lipinski definition) is 5. The lowest BCUT2D eigenvalue weighted by Crippen LogP contribution is -2.52. The molecule has 1 aromatic carbocycles. The van der Waals surface area contributed by atoms with E-state index in [4.69, 9.17) is 14.2 Å². The normalized spacial score (nSPS) is 16.9. The number of methoxy groups -OCH3 is 2. The fourth-order valence-electron chi connectivity index (χ4n) is 3.29. The van der Waals surface area contributed by atoms with E-state index in [2.05, 4.69) is 34.4 Å². The average molecular weight is 379 g/mol. The Morgan fingerprint density at radius 2 is 1.85 bits per heavy atom. The fourth-order valence-corrected chi connectivity index (χ4v) is 3.29. The average Bonchev–Trinajstić information content (AvgIpc) is 2.70. The highest BCUT2D eigenvalue weighted by Crippen LogP contribution is 2.27. The molecule has 2 rings (SSSR count). The molecule has 0 aliphatic carbocycles. The molecule has 152 valence electrons. The maximum atomic E-state index is 5.48. The summed E-state index contributed by atoms with van der Waals surface area (Å²) in [5, 5.41) is 6.84. The zero-order chi connectivity index (χ0) is 19.6. The molecule has 27 heavy (non-hydrogen) atoms. The van der Waals surface area contributed by atoms with Crippen LogP contribution >= 0.6 is 0 Å². The largest absolute Gasteiger partial charge is 0.493 e. The van der Waals surface area contributed by atoms with Crippen LogP contribution in [-0.4, -0.2) is 71.0 Å². The van der Waals surface area contributed by atoms with Gasteiger partial charge in [0.15, 0.2) is 17.5 Å². The number of aliphatic imine (C=N–C) groups is 1. The van der Waals surface area contributed by atoms with E-state index in [-0.39, 0.29) is 0 Å². The highest BCUT2D eigenvalue weighted by atomic mass is 16.5. The van der Waals surface area contributed by atoms with Crippen molar-refractivity contribution in [2.24, 2.45) is 10.9 Å². The molecule has 1 unspecified atom stereocenters. The van der Waals surface area contributed by atoms with E-state index in [1.54, 1.807) is 21.3 Å². The van der Waals surface area contributed by atoms with Gasteiger partial charge >= 0.3 is 0 Å². The van der Waals surface area contributed by atoms with Crippen LogP contribution in [0.3, 0.4) is 0 Å². The quantitative estimate of drug-likeness (QED) is 0.530. The number of nitrogens with zero attached hydrogens (tertiary/aromatic N) is 2. The lowest BCUT2D eigenvalue weighted by atomic mass is 10.0. The van der Waals surface area contributed by atoms with Crippen molar-refractivity contribution < 1.29 is 14.2 Å². The topological polar surface area (TPSA) is 67.4 Å². The molecule has 0 saturated carbocycles. The molecular formula is C20H34N4O3. The molecule has 7 nitrogen and oxygen atoms in total. The second-order valence-corrected chi connectivity index (χ2v) is 6.96. The Hall–Kier alpha value is -1.99. The second-order valence-electron chi connectivity index (χ2n) is 6.96. The van der Waals surface area contributed by atoms with E-state index in [9.17, 15) is 0 Å². The highest BCUT2D eigenvalue weighted by Gasteiger charge is 2.23. The molecule has 0 amide bonds. The van der Waals surface area contributed by atoms with Crippen LogP contribution in [0, 0.1) is 5.92 Å². The van der Waals surface area contributed by atoms with Crippen molar-refractivity contribution in [1.29, 1.82) is 0 Å². The first-order chi connectivity index (χ1) is 13.1. The zero-order valence-electron chi connectivity index (χ0n) is 17.2. The van der Waals surface area contributed by atoms with Crippen LogP contribution in [0.5, 0.6) is 11.5 Å². The van der Waals surface area contributed by atoms with Gasteiger partial charge in [0.1, 0.15) is 0 Å². The Kier molecular flexibility index (Phi) is 8.67. The number of guanidine groups is 1. The standard InChI is InChI=1S/C20H34N4O3/c1-15(2)17(24-8-10-27-11-9-24)14-23-20(21-3)22-13-16-6-7-18(25-4)19(12-16)26-5/h6-7,12,15,17H,8-11,13-14H2,1-5H3,(H2,21,22,23). The molecule has 1 aliphatic heterocycles. The van der Waals surface area contributed by atoms with E-state index in [0.29, 0.717) is 18.5 Å². The Balaban J connectivity index is 1.89. The van der Waals surface area contributed by atoms with Gasteiger partial charge in [-0.2, -0.15) is 0 Å². The van der Waals surface area contributed by atoms with Gasteiger partial charge in [-0.25, -0.2) is 0 Å². The summed E-state index contributed by atoms with van der Waals surface area (Å²) >= 11 is 0. The number of ether oxygens (including phenoxy) is 3. The first-order valence-corrected chi connectivity index (χ1v) is 9.56. The number of benzene rings is 1. The van der Waals surface area contributed by atoms with Crippen LogP contribution in [0.1, 0.15) is 19.4 Å². The molecule has 2 N–H and O–H groups in total. The minimum Gasteiger partial charge on any atom is -0.493 e. The second kappa shape index (κ2) is 11.0. The molecule has 1 atom stereocenters. The van der Waals surface area contributed by atoms with Gasteiger partial charge in [0, 0.05) is 39.3 Å². The van der Waals surface area contributed by atoms with Gasteiger partial charge in [-0.1, -0.05) is 19.9 Å². The van der Waals surface area contributed by atoms with E-state index < -0.39 is 0 Å². The fraction of sp³-hybridized carbons (Fsp3) is 0.650. The molecular weight excluding hydrogens is 344 g/mol. The number of morpholine rings is 1. The van der Waals surface area contributed by atoms with Crippen molar-refractivity contribution in [2.45, 2.75) is 26.4 Å². The van der Waals surface area contributed by atoms with Crippen molar-refractivity contribution >= 4 is 5.96 Å². The van der Waals surface area contributed by atoms with Gasteiger partial charge in [0.2, 0.25) is 0 Å². The number of nitrogens with one attached hydrogen (secondary N) is 2. The van der Waals surface area contributed by atoms with E-state index in [0.717, 1.165) is 55.9 Å².